The average molecular weight is 372 g/mol. The van der Waals surface area contributed by atoms with Crippen molar-refractivity contribution in [2.45, 2.75) is 13.1 Å². The maximum Gasteiger partial charge on any atom is 0.416 e. The number of nitrogens with one attached hydrogen (secondary N) is 1. The van der Waals surface area contributed by atoms with Crippen molar-refractivity contribution in [2.24, 2.45) is 0 Å². The van der Waals surface area contributed by atoms with Crippen molar-refractivity contribution in [1.29, 1.82) is 0 Å². The molecule has 0 spiro atoms. The highest BCUT2D eigenvalue weighted by Crippen LogP contribution is 2.30. The van der Waals surface area contributed by atoms with Gasteiger partial charge in [-0.05, 0) is 48.4 Å². The SMILES string of the molecule is Cc1cc(NC(=O)c2cccc(C(F)(F)F)c2)ccc1-c1cnc(N)nc1. The largest absolute Gasteiger partial charge is 0.416 e. The van der Waals surface area contributed by atoms with Crippen molar-refractivity contribution >= 4 is 17.5 Å². The number of halogens is 3. The second kappa shape index (κ2) is 7.06. The van der Waals surface area contributed by atoms with Crippen molar-refractivity contribution in [3.8, 4) is 11.1 Å². The van der Waals surface area contributed by atoms with Crippen LogP contribution in [0.1, 0.15) is 21.5 Å². The number of nitrogens with zero attached hydrogens (tertiary/aromatic N) is 2. The number of rotatable bonds is 3. The Morgan fingerprint density at radius 2 is 1.78 bits per heavy atom. The first-order valence-electron chi connectivity index (χ1n) is 7.91. The summed E-state index contributed by atoms with van der Waals surface area (Å²) in [6.45, 7) is 1.84. The van der Waals surface area contributed by atoms with Crippen LogP contribution in [0.4, 0.5) is 24.8 Å². The van der Waals surface area contributed by atoms with E-state index in [2.05, 4.69) is 15.3 Å². The topological polar surface area (TPSA) is 80.9 Å². The van der Waals surface area contributed by atoms with Crippen molar-refractivity contribution < 1.29 is 18.0 Å². The highest BCUT2D eigenvalue weighted by Gasteiger charge is 2.30. The van der Waals surface area contributed by atoms with E-state index < -0.39 is 17.6 Å². The molecule has 0 saturated heterocycles. The molecule has 2 aromatic carbocycles. The Kier molecular flexibility index (Phi) is 4.81. The number of anilines is 2. The number of hydrogen-bond donors (Lipinski definition) is 2. The Morgan fingerprint density at radius 1 is 1.07 bits per heavy atom. The van der Waals surface area contributed by atoms with E-state index in [9.17, 15) is 18.0 Å². The predicted molar refractivity (Wildman–Crippen MR) is 96.0 cm³/mol. The lowest BCUT2D eigenvalue weighted by atomic mass is 10.0. The lowest BCUT2D eigenvalue weighted by molar-refractivity contribution is -0.137. The first-order valence-corrected chi connectivity index (χ1v) is 7.91. The van der Waals surface area contributed by atoms with Crippen LogP contribution in [0.25, 0.3) is 11.1 Å². The van der Waals surface area contributed by atoms with Crippen molar-refractivity contribution in [3.05, 3.63) is 71.5 Å². The Hall–Kier alpha value is -3.42. The Balaban J connectivity index is 1.81. The van der Waals surface area contributed by atoms with Crippen LogP contribution in [0.3, 0.4) is 0 Å². The van der Waals surface area contributed by atoms with Crippen LogP contribution in [0.5, 0.6) is 0 Å². The molecule has 0 fully saturated rings. The van der Waals surface area contributed by atoms with Gasteiger partial charge in [0.2, 0.25) is 5.95 Å². The first kappa shape index (κ1) is 18.4. The molecule has 0 aliphatic rings. The number of nitrogen functional groups attached to an aromatic ring is 1. The van der Waals surface area contributed by atoms with Gasteiger partial charge in [-0.25, -0.2) is 9.97 Å². The Bertz CT molecular complexity index is 985. The summed E-state index contributed by atoms with van der Waals surface area (Å²) in [7, 11) is 0. The predicted octanol–water partition coefficient (Wildman–Crippen LogP) is 4.31. The van der Waals surface area contributed by atoms with E-state index in [0.29, 0.717) is 5.69 Å². The number of benzene rings is 2. The quantitative estimate of drug-likeness (QED) is 0.718. The number of nitrogens with two attached hydrogens (primary N) is 1. The van der Waals surface area contributed by atoms with Gasteiger partial charge in [0.25, 0.3) is 5.91 Å². The number of carbonyl (C=O) groups excluding carboxylic acids is 1. The van der Waals surface area contributed by atoms with E-state index in [1.807, 2.05) is 6.92 Å². The molecule has 138 valence electrons. The zero-order valence-corrected chi connectivity index (χ0v) is 14.2. The Morgan fingerprint density at radius 3 is 2.41 bits per heavy atom. The van der Waals surface area contributed by atoms with Gasteiger partial charge >= 0.3 is 6.18 Å². The fraction of sp³-hybridized carbons (Fsp3) is 0.105. The fourth-order valence-corrected chi connectivity index (χ4v) is 2.58. The molecule has 0 saturated carbocycles. The lowest BCUT2D eigenvalue weighted by Gasteiger charge is -2.11. The summed E-state index contributed by atoms with van der Waals surface area (Å²) < 4.78 is 38.4. The van der Waals surface area contributed by atoms with Crippen LogP contribution >= 0.6 is 0 Å². The van der Waals surface area contributed by atoms with Gasteiger partial charge in [-0.2, -0.15) is 13.2 Å². The number of amides is 1. The molecule has 8 heteroatoms. The van der Waals surface area contributed by atoms with Crippen LogP contribution in [-0.2, 0) is 6.18 Å². The van der Waals surface area contributed by atoms with Gasteiger partial charge in [0.1, 0.15) is 0 Å². The fourth-order valence-electron chi connectivity index (χ4n) is 2.58. The van der Waals surface area contributed by atoms with Crippen molar-refractivity contribution in [1.82, 2.24) is 9.97 Å². The summed E-state index contributed by atoms with van der Waals surface area (Å²) in [6.07, 6.45) is -1.33. The number of hydrogen-bond acceptors (Lipinski definition) is 4. The van der Waals surface area contributed by atoms with Crippen molar-refractivity contribution in [2.75, 3.05) is 11.1 Å². The molecule has 1 heterocycles. The normalized spacial score (nSPS) is 11.3. The minimum absolute atomic E-state index is 0.0708. The van der Waals surface area contributed by atoms with Gasteiger partial charge in [0.15, 0.2) is 0 Å². The van der Waals surface area contributed by atoms with Crippen LogP contribution in [0.15, 0.2) is 54.9 Å². The summed E-state index contributed by atoms with van der Waals surface area (Å²) in [6, 6.07) is 9.42. The summed E-state index contributed by atoms with van der Waals surface area (Å²) in [5, 5.41) is 2.61. The second-order valence-corrected chi connectivity index (χ2v) is 5.89. The molecule has 3 rings (SSSR count). The summed E-state index contributed by atoms with van der Waals surface area (Å²) in [4.78, 5) is 20.2. The van der Waals surface area contributed by atoms with Crippen LogP contribution in [0, 0.1) is 6.92 Å². The zero-order valence-electron chi connectivity index (χ0n) is 14.2. The molecule has 3 N–H and O–H groups in total. The minimum atomic E-state index is -4.50. The third kappa shape index (κ3) is 4.22. The Labute approximate surface area is 153 Å². The van der Waals surface area contributed by atoms with E-state index in [0.717, 1.165) is 28.8 Å². The third-order valence-electron chi connectivity index (χ3n) is 3.92. The molecule has 27 heavy (non-hydrogen) atoms. The summed E-state index contributed by atoms with van der Waals surface area (Å²) in [5.74, 6) is -0.453. The molecule has 1 aromatic heterocycles. The summed E-state index contributed by atoms with van der Waals surface area (Å²) in [5.41, 5.74) is 7.45. The van der Waals surface area contributed by atoms with Gasteiger partial charge in [0, 0.05) is 29.2 Å². The average Bonchev–Trinajstić information content (AvgIpc) is 2.62. The first-order chi connectivity index (χ1) is 12.7. The standard InChI is InChI=1S/C19H15F3N4O/c1-11-7-15(5-6-16(11)13-9-24-18(23)25-10-13)26-17(27)12-3-2-4-14(8-12)19(20,21)22/h2-10H,1H3,(H,26,27)(H2,23,24,25). The van der Waals surface area contributed by atoms with E-state index in [-0.39, 0.29) is 11.5 Å². The molecule has 1 amide bonds. The minimum Gasteiger partial charge on any atom is -0.368 e. The molecule has 0 bridgehead atoms. The van der Waals surface area contributed by atoms with E-state index >= 15 is 0 Å². The lowest BCUT2D eigenvalue weighted by Crippen LogP contribution is -2.14. The molecule has 0 atom stereocenters. The maximum atomic E-state index is 12.8. The molecule has 0 aliphatic carbocycles. The number of aryl methyl sites for hydroxylation is 1. The van der Waals surface area contributed by atoms with Crippen LogP contribution in [0.2, 0.25) is 0 Å². The van der Waals surface area contributed by atoms with Crippen LogP contribution < -0.4 is 11.1 Å². The molecule has 5 nitrogen and oxygen atoms in total. The molecule has 0 radical (unpaired) electrons. The van der Waals surface area contributed by atoms with Gasteiger partial charge in [-0.3, -0.25) is 4.79 Å². The highest BCUT2D eigenvalue weighted by molar-refractivity contribution is 6.04. The smallest absolute Gasteiger partial charge is 0.368 e. The zero-order chi connectivity index (χ0) is 19.6. The molecule has 0 aliphatic heterocycles. The van der Waals surface area contributed by atoms with E-state index in [1.54, 1.807) is 30.6 Å². The van der Waals surface area contributed by atoms with Gasteiger partial charge in [0.05, 0.1) is 5.56 Å². The van der Waals surface area contributed by atoms with Crippen molar-refractivity contribution in [3.63, 3.8) is 0 Å². The van der Waals surface area contributed by atoms with E-state index in [4.69, 9.17) is 5.73 Å². The van der Waals surface area contributed by atoms with Gasteiger partial charge in [-0.15, -0.1) is 0 Å². The van der Waals surface area contributed by atoms with E-state index in [1.165, 1.54) is 12.1 Å². The highest BCUT2D eigenvalue weighted by atomic mass is 19.4. The second-order valence-electron chi connectivity index (χ2n) is 5.89. The van der Waals surface area contributed by atoms with Gasteiger partial charge in [-0.1, -0.05) is 12.1 Å². The number of aromatic nitrogens is 2. The van der Waals surface area contributed by atoms with Gasteiger partial charge < -0.3 is 11.1 Å². The molecular formula is C19H15F3N4O. The monoisotopic (exact) mass is 372 g/mol. The summed E-state index contributed by atoms with van der Waals surface area (Å²) >= 11 is 0. The third-order valence-corrected chi connectivity index (χ3v) is 3.92. The number of carbonyl (C=O) groups is 1. The molecular weight excluding hydrogens is 357 g/mol. The maximum absolute atomic E-state index is 12.8. The molecule has 3 aromatic rings. The number of alkyl halides is 3. The van der Waals surface area contributed by atoms with Crippen LogP contribution in [-0.4, -0.2) is 15.9 Å². The molecule has 0 unspecified atom stereocenters.